The van der Waals surface area contributed by atoms with Crippen LogP contribution in [0.15, 0.2) is 0 Å². The summed E-state index contributed by atoms with van der Waals surface area (Å²) >= 11 is 0. The van der Waals surface area contributed by atoms with Gasteiger partial charge in [0.05, 0.1) is 5.92 Å². The second kappa shape index (κ2) is 6.55. The van der Waals surface area contributed by atoms with Gasteiger partial charge in [-0.2, -0.15) is 0 Å². The fourth-order valence-electron chi connectivity index (χ4n) is 3.73. The van der Waals surface area contributed by atoms with Gasteiger partial charge in [-0.05, 0) is 31.1 Å². The second-order valence-corrected chi connectivity index (χ2v) is 6.33. The first-order valence-corrected chi connectivity index (χ1v) is 7.71. The highest BCUT2D eigenvalue weighted by atomic mass is 16.1. The van der Waals surface area contributed by atoms with Gasteiger partial charge in [0.15, 0.2) is 0 Å². The van der Waals surface area contributed by atoms with Crippen molar-refractivity contribution in [1.82, 2.24) is 5.32 Å². The van der Waals surface area contributed by atoms with Crippen LogP contribution in [-0.4, -0.2) is 18.5 Å². The quantitative estimate of drug-likeness (QED) is 0.807. The van der Waals surface area contributed by atoms with E-state index < -0.39 is 0 Å². The molecule has 3 nitrogen and oxygen atoms in total. The van der Waals surface area contributed by atoms with Crippen LogP contribution < -0.4 is 11.1 Å². The minimum absolute atomic E-state index is 0.0438. The van der Waals surface area contributed by atoms with Crippen molar-refractivity contribution in [2.24, 2.45) is 23.5 Å². The smallest absolute Gasteiger partial charge is 0.224 e. The Morgan fingerprint density at radius 3 is 2.56 bits per heavy atom. The van der Waals surface area contributed by atoms with E-state index >= 15 is 0 Å². The minimum atomic E-state index is 0.0438. The van der Waals surface area contributed by atoms with Crippen molar-refractivity contribution in [2.45, 2.75) is 64.3 Å². The van der Waals surface area contributed by atoms with E-state index in [4.69, 9.17) is 5.73 Å². The number of rotatable bonds is 4. The van der Waals surface area contributed by atoms with Crippen LogP contribution in [0.25, 0.3) is 0 Å². The van der Waals surface area contributed by atoms with E-state index in [9.17, 15) is 4.79 Å². The number of hydrogen-bond acceptors (Lipinski definition) is 2. The molecule has 2 saturated carbocycles. The highest BCUT2D eigenvalue weighted by Gasteiger charge is 2.33. The van der Waals surface area contributed by atoms with Crippen molar-refractivity contribution >= 4 is 5.91 Å². The van der Waals surface area contributed by atoms with Crippen LogP contribution >= 0.6 is 0 Å². The van der Waals surface area contributed by atoms with Crippen LogP contribution in [0.2, 0.25) is 0 Å². The molecule has 0 spiro atoms. The Balaban J connectivity index is 1.72. The second-order valence-electron chi connectivity index (χ2n) is 6.33. The number of nitrogens with one attached hydrogen (secondary N) is 1. The van der Waals surface area contributed by atoms with Crippen molar-refractivity contribution in [3.05, 3.63) is 0 Å². The van der Waals surface area contributed by atoms with E-state index in [-0.39, 0.29) is 17.9 Å². The highest BCUT2D eigenvalue weighted by Crippen LogP contribution is 2.29. The Morgan fingerprint density at radius 1 is 1.17 bits per heavy atom. The van der Waals surface area contributed by atoms with Gasteiger partial charge in [-0.25, -0.2) is 0 Å². The van der Waals surface area contributed by atoms with Crippen molar-refractivity contribution in [3.63, 3.8) is 0 Å². The van der Waals surface area contributed by atoms with E-state index in [2.05, 4.69) is 12.2 Å². The lowest BCUT2D eigenvalue weighted by molar-refractivity contribution is -0.128. The summed E-state index contributed by atoms with van der Waals surface area (Å²) in [6, 6.07) is 0.0697. The molecule has 2 fully saturated rings. The van der Waals surface area contributed by atoms with E-state index in [1.54, 1.807) is 0 Å². The summed E-state index contributed by atoms with van der Waals surface area (Å²) in [6.45, 7) is 3.01. The third-order valence-electron chi connectivity index (χ3n) is 4.90. The molecule has 104 valence electrons. The predicted molar refractivity (Wildman–Crippen MR) is 74.1 cm³/mol. The fourth-order valence-corrected chi connectivity index (χ4v) is 3.73. The fraction of sp³-hybridized carbons (Fsp3) is 0.933. The van der Waals surface area contributed by atoms with Crippen LogP contribution in [0.5, 0.6) is 0 Å². The van der Waals surface area contributed by atoms with Gasteiger partial charge in [-0.1, -0.05) is 39.0 Å². The molecule has 0 bridgehead atoms. The maximum Gasteiger partial charge on any atom is 0.224 e. The van der Waals surface area contributed by atoms with Crippen LogP contribution in [0, 0.1) is 17.8 Å². The summed E-state index contributed by atoms with van der Waals surface area (Å²) in [5, 5.41) is 3.12. The lowest BCUT2D eigenvalue weighted by Crippen LogP contribution is -2.47. The maximum absolute atomic E-state index is 12.2. The molecular formula is C15H28N2O. The number of amides is 1. The molecule has 18 heavy (non-hydrogen) atoms. The predicted octanol–water partition coefficient (Wildman–Crippen LogP) is 2.45. The van der Waals surface area contributed by atoms with E-state index in [0.717, 1.165) is 31.7 Å². The molecule has 2 rings (SSSR count). The van der Waals surface area contributed by atoms with E-state index in [1.165, 1.54) is 32.1 Å². The van der Waals surface area contributed by atoms with Crippen molar-refractivity contribution in [2.75, 3.05) is 6.54 Å². The number of nitrogens with two attached hydrogens (primary N) is 1. The number of hydrogen-bond donors (Lipinski definition) is 2. The molecule has 3 N–H and O–H groups in total. The average Bonchev–Trinajstić information content (AvgIpc) is 2.82. The SMILES string of the molecule is CC1CCCC(N)C1C(=O)NCCC1CCCC1. The number of carbonyl (C=O) groups excluding carboxylic acids is 1. The summed E-state index contributed by atoms with van der Waals surface area (Å²) in [5.74, 6) is 1.54. The average molecular weight is 252 g/mol. The molecule has 3 atom stereocenters. The molecular weight excluding hydrogens is 224 g/mol. The highest BCUT2D eigenvalue weighted by molar-refractivity contribution is 5.79. The molecule has 0 radical (unpaired) electrons. The molecule has 3 unspecified atom stereocenters. The van der Waals surface area contributed by atoms with Crippen LogP contribution in [0.4, 0.5) is 0 Å². The third-order valence-corrected chi connectivity index (χ3v) is 4.90. The lowest BCUT2D eigenvalue weighted by Gasteiger charge is -2.33. The van der Waals surface area contributed by atoms with Gasteiger partial charge in [0, 0.05) is 12.6 Å². The van der Waals surface area contributed by atoms with Gasteiger partial charge < -0.3 is 11.1 Å². The normalized spacial score (nSPS) is 33.6. The number of carbonyl (C=O) groups is 1. The molecule has 0 aromatic carbocycles. The first-order chi connectivity index (χ1) is 8.68. The monoisotopic (exact) mass is 252 g/mol. The van der Waals surface area contributed by atoms with Gasteiger partial charge in [-0.15, -0.1) is 0 Å². The Morgan fingerprint density at radius 2 is 1.89 bits per heavy atom. The summed E-state index contributed by atoms with van der Waals surface area (Å²) in [5.41, 5.74) is 6.10. The van der Waals surface area contributed by atoms with Gasteiger partial charge >= 0.3 is 0 Å². The first-order valence-electron chi connectivity index (χ1n) is 7.71. The minimum Gasteiger partial charge on any atom is -0.356 e. The summed E-state index contributed by atoms with van der Waals surface area (Å²) < 4.78 is 0. The van der Waals surface area contributed by atoms with Gasteiger partial charge in [0.2, 0.25) is 5.91 Å². The van der Waals surface area contributed by atoms with Crippen LogP contribution in [-0.2, 0) is 4.79 Å². The molecule has 2 aliphatic rings. The van der Waals surface area contributed by atoms with E-state index in [1.807, 2.05) is 0 Å². The zero-order valence-corrected chi connectivity index (χ0v) is 11.7. The van der Waals surface area contributed by atoms with Crippen molar-refractivity contribution < 1.29 is 4.79 Å². The van der Waals surface area contributed by atoms with Gasteiger partial charge in [0.25, 0.3) is 0 Å². The molecule has 0 aromatic rings. The molecule has 0 aromatic heterocycles. The summed E-state index contributed by atoms with van der Waals surface area (Å²) in [7, 11) is 0. The topological polar surface area (TPSA) is 55.1 Å². The molecule has 0 heterocycles. The van der Waals surface area contributed by atoms with Gasteiger partial charge in [0.1, 0.15) is 0 Å². The molecule has 1 amide bonds. The van der Waals surface area contributed by atoms with Gasteiger partial charge in [-0.3, -0.25) is 4.79 Å². The van der Waals surface area contributed by atoms with Crippen LogP contribution in [0.1, 0.15) is 58.3 Å². The summed E-state index contributed by atoms with van der Waals surface area (Å²) in [6.07, 6.45) is 9.95. The molecule has 3 heteroatoms. The third kappa shape index (κ3) is 3.47. The Labute approximate surface area is 111 Å². The van der Waals surface area contributed by atoms with E-state index in [0.29, 0.717) is 5.92 Å². The van der Waals surface area contributed by atoms with Crippen molar-refractivity contribution in [3.8, 4) is 0 Å². The van der Waals surface area contributed by atoms with Crippen LogP contribution in [0.3, 0.4) is 0 Å². The maximum atomic E-state index is 12.2. The molecule has 2 aliphatic carbocycles. The Bertz CT molecular complexity index is 264. The molecule has 0 saturated heterocycles. The molecule has 0 aliphatic heterocycles. The largest absolute Gasteiger partial charge is 0.356 e. The summed E-state index contributed by atoms with van der Waals surface area (Å²) in [4.78, 5) is 12.2. The first kappa shape index (κ1) is 13.9. The standard InChI is InChI=1S/C15H28N2O/c1-11-5-4-8-13(16)14(11)15(18)17-10-9-12-6-2-3-7-12/h11-14H,2-10,16H2,1H3,(H,17,18). The zero-order valence-electron chi connectivity index (χ0n) is 11.7. The Kier molecular flexibility index (Phi) is 5.04. The Hall–Kier alpha value is -0.570. The zero-order chi connectivity index (χ0) is 13.0. The lowest BCUT2D eigenvalue weighted by atomic mass is 9.76. The van der Waals surface area contributed by atoms with Crippen molar-refractivity contribution in [1.29, 1.82) is 0 Å².